The average Bonchev–Trinajstić information content (AvgIpc) is 2.80. The summed E-state index contributed by atoms with van der Waals surface area (Å²) in [6.07, 6.45) is 10.7. The van der Waals surface area contributed by atoms with Gasteiger partial charge in [0.25, 0.3) is 0 Å². The minimum absolute atomic E-state index is 0.0992. The lowest BCUT2D eigenvalue weighted by atomic mass is 9.77. The molecule has 0 heterocycles. The number of aliphatic hydroxyl groups is 1. The highest BCUT2D eigenvalue weighted by Gasteiger charge is 2.22. The molecule has 0 spiro atoms. The van der Waals surface area contributed by atoms with Gasteiger partial charge in [0.15, 0.2) is 0 Å². The second kappa shape index (κ2) is 11.3. The SMILES string of the molecule is C=C(C)C(=O)Oc1cc(CO)ccc1-c1ccc(C2CCC(CCCCC)CC2)cc1. The molecule has 1 N–H and O–H groups in total. The highest BCUT2D eigenvalue weighted by atomic mass is 16.5. The Bertz CT molecular complexity index is 874. The molecule has 3 rings (SSSR count). The molecule has 0 atom stereocenters. The third kappa shape index (κ3) is 6.30. The number of rotatable bonds is 9. The zero-order chi connectivity index (χ0) is 22.2. The minimum atomic E-state index is -0.455. The highest BCUT2D eigenvalue weighted by Crippen LogP contribution is 2.39. The number of ether oxygens (including phenoxy) is 1. The van der Waals surface area contributed by atoms with Crippen molar-refractivity contribution in [1.29, 1.82) is 0 Å². The Morgan fingerprint density at radius 3 is 2.39 bits per heavy atom. The van der Waals surface area contributed by atoms with Gasteiger partial charge in [-0.1, -0.05) is 75.6 Å². The largest absolute Gasteiger partial charge is 0.423 e. The zero-order valence-corrected chi connectivity index (χ0v) is 19.0. The van der Waals surface area contributed by atoms with Gasteiger partial charge in [0, 0.05) is 11.1 Å². The molecule has 31 heavy (non-hydrogen) atoms. The van der Waals surface area contributed by atoms with Gasteiger partial charge >= 0.3 is 5.97 Å². The molecule has 0 bridgehead atoms. The summed E-state index contributed by atoms with van der Waals surface area (Å²) in [6.45, 7) is 7.47. The molecular formula is C28H36O3. The van der Waals surface area contributed by atoms with E-state index in [1.54, 1.807) is 13.0 Å². The van der Waals surface area contributed by atoms with E-state index in [1.165, 1.54) is 56.9 Å². The Morgan fingerprint density at radius 2 is 1.77 bits per heavy atom. The van der Waals surface area contributed by atoms with E-state index in [9.17, 15) is 9.90 Å². The van der Waals surface area contributed by atoms with Gasteiger partial charge in [-0.15, -0.1) is 0 Å². The molecule has 2 aromatic carbocycles. The third-order valence-electron chi connectivity index (χ3n) is 6.54. The van der Waals surface area contributed by atoms with E-state index in [-0.39, 0.29) is 6.61 Å². The molecule has 1 aliphatic rings. The molecule has 1 fully saturated rings. The molecule has 0 aliphatic heterocycles. The smallest absolute Gasteiger partial charge is 0.338 e. The van der Waals surface area contributed by atoms with Crippen LogP contribution in [0.15, 0.2) is 54.6 Å². The number of carbonyl (C=O) groups excluding carboxylic acids is 1. The van der Waals surface area contributed by atoms with Crippen molar-refractivity contribution in [1.82, 2.24) is 0 Å². The molecule has 166 valence electrons. The fourth-order valence-corrected chi connectivity index (χ4v) is 4.58. The van der Waals surface area contributed by atoms with Crippen molar-refractivity contribution in [2.45, 2.75) is 77.7 Å². The average molecular weight is 421 g/mol. The van der Waals surface area contributed by atoms with Crippen LogP contribution in [0, 0.1) is 5.92 Å². The summed E-state index contributed by atoms with van der Waals surface area (Å²) >= 11 is 0. The van der Waals surface area contributed by atoms with Crippen LogP contribution in [0.4, 0.5) is 0 Å². The van der Waals surface area contributed by atoms with Crippen LogP contribution in [-0.2, 0) is 11.4 Å². The van der Waals surface area contributed by atoms with Crippen molar-refractivity contribution in [3.8, 4) is 16.9 Å². The predicted molar refractivity (Wildman–Crippen MR) is 127 cm³/mol. The van der Waals surface area contributed by atoms with Crippen molar-refractivity contribution < 1.29 is 14.6 Å². The standard InChI is InChI=1S/C28H36O3/c1-4-5-6-7-21-8-11-23(12-9-21)24-13-15-25(16-14-24)26-17-10-22(19-29)18-27(26)31-28(30)20(2)3/h10,13-18,21,23,29H,2,4-9,11-12,19H2,1,3H3. The molecular weight excluding hydrogens is 384 g/mol. The Kier molecular flexibility index (Phi) is 8.48. The van der Waals surface area contributed by atoms with Crippen LogP contribution in [0.5, 0.6) is 5.75 Å². The number of esters is 1. The summed E-state index contributed by atoms with van der Waals surface area (Å²) in [6, 6.07) is 14.2. The van der Waals surface area contributed by atoms with E-state index in [1.807, 2.05) is 12.1 Å². The first-order chi connectivity index (χ1) is 15.0. The van der Waals surface area contributed by atoms with Crippen LogP contribution < -0.4 is 4.74 Å². The second-order valence-electron chi connectivity index (χ2n) is 8.99. The summed E-state index contributed by atoms with van der Waals surface area (Å²) in [7, 11) is 0. The molecule has 0 amide bonds. The topological polar surface area (TPSA) is 46.5 Å². The molecule has 0 aromatic heterocycles. The number of benzene rings is 2. The van der Waals surface area contributed by atoms with E-state index in [2.05, 4.69) is 37.8 Å². The summed E-state index contributed by atoms with van der Waals surface area (Å²) < 4.78 is 5.55. The van der Waals surface area contributed by atoms with Crippen LogP contribution in [0.2, 0.25) is 0 Å². The third-order valence-corrected chi connectivity index (χ3v) is 6.54. The van der Waals surface area contributed by atoms with Gasteiger partial charge in [-0.2, -0.15) is 0 Å². The lowest BCUT2D eigenvalue weighted by Crippen LogP contribution is -2.13. The maximum atomic E-state index is 12.1. The van der Waals surface area contributed by atoms with Crippen molar-refractivity contribution >= 4 is 5.97 Å². The number of unbranched alkanes of at least 4 members (excludes halogenated alkanes) is 2. The maximum absolute atomic E-state index is 12.1. The first-order valence-electron chi connectivity index (χ1n) is 11.7. The van der Waals surface area contributed by atoms with Crippen LogP contribution in [-0.4, -0.2) is 11.1 Å². The molecule has 1 aliphatic carbocycles. The quantitative estimate of drug-likeness (QED) is 0.202. The summed E-state index contributed by atoms with van der Waals surface area (Å²) in [5.41, 5.74) is 4.31. The number of aliphatic hydroxyl groups excluding tert-OH is 1. The van der Waals surface area contributed by atoms with Crippen molar-refractivity contribution in [2.24, 2.45) is 5.92 Å². The highest BCUT2D eigenvalue weighted by molar-refractivity contribution is 5.90. The molecule has 3 nitrogen and oxygen atoms in total. The van der Waals surface area contributed by atoms with E-state index in [0.717, 1.165) is 17.0 Å². The monoisotopic (exact) mass is 420 g/mol. The Morgan fingerprint density at radius 1 is 1.06 bits per heavy atom. The van der Waals surface area contributed by atoms with E-state index < -0.39 is 5.97 Å². The lowest BCUT2D eigenvalue weighted by Gasteiger charge is -2.29. The Balaban J connectivity index is 1.70. The minimum Gasteiger partial charge on any atom is -0.423 e. The maximum Gasteiger partial charge on any atom is 0.338 e. The molecule has 0 saturated heterocycles. The van der Waals surface area contributed by atoms with Gasteiger partial charge < -0.3 is 9.84 Å². The van der Waals surface area contributed by atoms with Crippen LogP contribution >= 0.6 is 0 Å². The van der Waals surface area contributed by atoms with Crippen molar-refractivity contribution in [3.05, 3.63) is 65.7 Å². The van der Waals surface area contributed by atoms with Gasteiger partial charge in [-0.05, 0) is 67.2 Å². The van der Waals surface area contributed by atoms with Crippen LogP contribution in [0.1, 0.15) is 82.3 Å². The van der Waals surface area contributed by atoms with E-state index >= 15 is 0 Å². The summed E-state index contributed by atoms with van der Waals surface area (Å²) in [5.74, 6) is 1.56. The van der Waals surface area contributed by atoms with Gasteiger partial charge in [-0.25, -0.2) is 4.79 Å². The Hall–Kier alpha value is -2.39. The van der Waals surface area contributed by atoms with Gasteiger partial charge in [-0.3, -0.25) is 0 Å². The van der Waals surface area contributed by atoms with Gasteiger partial charge in [0.1, 0.15) is 5.75 Å². The first-order valence-corrected chi connectivity index (χ1v) is 11.7. The molecule has 0 unspecified atom stereocenters. The number of hydrogen-bond donors (Lipinski definition) is 1. The van der Waals surface area contributed by atoms with Crippen molar-refractivity contribution in [3.63, 3.8) is 0 Å². The van der Waals surface area contributed by atoms with Crippen LogP contribution in [0.3, 0.4) is 0 Å². The zero-order valence-electron chi connectivity index (χ0n) is 19.0. The molecule has 2 aromatic rings. The normalized spacial score (nSPS) is 18.5. The second-order valence-corrected chi connectivity index (χ2v) is 8.99. The lowest BCUT2D eigenvalue weighted by molar-refractivity contribution is -0.130. The summed E-state index contributed by atoms with van der Waals surface area (Å²) in [5, 5.41) is 9.47. The van der Waals surface area contributed by atoms with E-state index in [0.29, 0.717) is 22.8 Å². The van der Waals surface area contributed by atoms with Gasteiger partial charge in [0.05, 0.1) is 6.61 Å². The molecule has 0 radical (unpaired) electrons. The predicted octanol–water partition coefficient (Wildman–Crippen LogP) is 7.18. The van der Waals surface area contributed by atoms with E-state index in [4.69, 9.17) is 4.74 Å². The van der Waals surface area contributed by atoms with Gasteiger partial charge in [0.2, 0.25) is 0 Å². The summed E-state index contributed by atoms with van der Waals surface area (Å²) in [4.78, 5) is 12.1. The number of carbonyl (C=O) groups is 1. The molecule has 1 saturated carbocycles. The molecule has 3 heteroatoms. The van der Waals surface area contributed by atoms with Crippen LogP contribution in [0.25, 0.3) is 11.1 Å². The fraction of sp³-hybridized carbons (Fsp3) is 0.464. The number of hydrogen-bond acceptors (Lipinski definition) is 3. The fourth-order valence-electron chi connectivity index (χ4n) is 4.58. The Labute approximate surface area is 187 Å². The first kappa shape index (κ1) is 23.3. The van der Waals surface area contributed by atoms with Crippen molar-refractivity contribution in [2.75, 3.05) is 0 Å².